The van der Waals surface area contributed by atoms with E-state index in [1.165, 1.54) is 33.3 Å². The first-order chi connectivity index (χ1) is 13.1. The Labute approximate surface area is 160 Å². The number of nitrogens with zero attached hydrogens (tertiary/aromatic N) is 1. The van der Waals surface area contributed by atoms with Crippen molar-refractivity contribution in [2.45, 2.75) is 39.2 Å². The molecule has 1 saturated carbocycles. The number of benzene rings is 2. The molecule has 27 heavy (non-hydrogen) atoms. The lowest BCUT2D eigenvalue weighted by atomic mass is 9.50. The Morgan fingerprint density at radius 3 is 2.74 bits per heavy atom. The van der Waals surface area contributed by atoms with Crippen LogP contribution in [0.1, 0.15) is 33.1 Å². The predicted octanol–water partition coefficient (Wildman–Crippen LogP) is 6.12. The van der Waals surface area contributed by atoms with Crippen LogP contribution >= 0.6 is 0 Å². The van der Waals surface area contributed by atoms with E-state index in [-0.39, 0.29) is 11.3 Å². The molecule has 7 rings (SSSR count). The molecule has 2 bridgehead atoms. The van der Waals surface area contributed by atoms with E-state index >= 15 is 0 Å². The van der Waals surface area contributed by atoms with Crippen LogP contribution in [0.2, 0.25) is 0 Å². The molecule has 2 nitrogen and oxygen atoms in total. The zero-order valence-corrected chi connectivity index (χ0v) is 15.9. The fourth-order valence-corrected chi connectivity index (χ4v) is 6.29. The van der Waals surface area contributed by atoms with Gasteiger partial charge in [-0.15, -0.1) is 0 Å². The van der Waals surface area contributed by atoms with Crippen LogP contribution in [-0.2, 0) is 0 Å². The van der Waals surface area contributed by atoms with E-state index in [2.05, 4.69) is 73.4 Å². The molecule has 3 unspecified atom stereocenters. The number of hydrogen-bond acceptors (Lipinski definition) is 2. The second kappa shape index (κ2) is 5.07. The molecule has 1 N–H and O–H groups in total. The highest BCUT2D eigenvalue weighted by Crippen LogP contribution is 2.65. The van der Waals surface area contributed by atoms with E-state index in [1.54, 1.807) is 0 Å². The Balaban J connectivity index is 1.59. The zero-order valence-electron chi connectivity index (χ0n) is 15.9. The van der Waals surface area contributed by atoms with Gasteiger partial charge < -0.3 is 10.0 Å². The van der Waals surface area contributed by atoms with Crippen molar-refractivity contribution < 1.29 is 5.11 Å². The van der Waals surface area contributed by atoms with Crippen molar-refractivity contribution in [2.24, 2.45) is 17.3 Å². The van der Waals surface area contributed by atoms with Gasteiger partial charge in [-0.2, -0.15) is 0 Å². The van der Waals surface area contributed by atoms with Crippen molar-refractivity contribution in [3.8, 4) is 0 Å². The Hall–Kier alpha value is -2.48. The maximum atomic E-state index is 10.8. The summed E-state index contributed by atoms with van der Waals surface area (Å²) >= 11 is 0. The molecule has 0 radical (unpaired) electrons. The standard InChI is InChI=1S/C25H25NO/c1-25(2)19-14-18-17-11-5-6-12-21(17)26(23(18)22(25)24(19)27)20-13-7-9-15-8-3-4-10-16(15)20/h3-5,7-11,13,18,22-23,27H,6,12,14H2,1-2H3. The Bertz CT molecular complexity index is 1070. The van der Waals surface area contributed by atoms with Gasteiger partial charge in [0.1, 0.15) is 0 Å². The first-order valence-corrected chi connectivity index (χ1v) is 10.2. The van der Waals surface area contributed by atoms with Gasteiger partial charge >= 0.3 is 0 Å². The first kappa shape index (κ1) is 15.6. The third kappa shape index (κ3) is 1.81. The monoisotopic (exact) mass is 355 g/mol. The van der Waals surface area contributed by atoms with Crippen LogP contribution in [0.25, 0.3) is 10.8 Å². The molecule has 0 amide bonds. The quantitative estimate of drug-likeness (QED) is 0.666. The number of anilines is 1. The van der Waals surface area contributed by atoms with E-state index < -0.39 is 0 Å². The zero-order chi connectivity index (χ0) is 18.3. The van der Waals surface area contributed by atoms with Gasteiger partial charge in [-0.05, 0) is 41.9 Å². The minimum atomic E-state index is 0.104. The highest BCUT2D eigenvalue weighted by Gasteiger charge is 2.62. The molecular weight excluding hydrogens is 330 g/mol. The van der Waals surface area contributed by atoms with Gasteiger partial charge in [0.15, 0.2) is 0 Å². The van der Waals surface area contributed by atoms with Crippen molar-refractivity contribution in [3.05, 3.63) is 77.2 Å². The largest absolute Gasteiger partial charge is 0.512 e. The van der Waals surface area contributed by atoms with Gasteiger partial charge in [0.05, 0.1) is 11.8 Å². The fourth-order valence-electron chi connectivity index (χ4n) is 6.29. The fraction of sp³-hybridized carbons (Fsp3) is 0.360. The number of aliphatic hydroxyl groups is 1. The number of hydrogen-bond donors (Lipinski definition) is 1. The lowest BCUT2D eigenvalue weighted by Crippen LogP contribution is -2.57. The molecule has 4 aliphatic carbocycles. The van der Waals surface area contributed by atoms with Gasteiger partial charge in [-0.3, -0.25) is 0 Å². The van der Waals surface area contributed by atoms with Crippen molar-refractivity contribution in [1.82, 2.24) is 0 Å². The van der Waals surface area contributed by atoms with Crippen LogP contribution in [0.4, 0.5) is 5.69 Å². The minimum absolute atomic E-state index is 0.104. The molecule has 2 aromatic carbocycles. The summed E-state index contributed by atoms with van der Waals surface area (Å²) in [7, 11) is 0. The van der Waals surface area contributed by atoms with Crippen LogP contribution in [-0.4, -0.2) is 11.1 Å². The second-order valence-corrected chi connectivity index (χ2v) is 9.08. The summed E-state index contributed by atoms with van der Waals surface area (Å²) in [6, 6.07) is 15.7. The number of fused-ring (bicyclic) bond motifs is 1. The molecule has 0 aromatic heterocycles. The summed E-state index contributed by atoms with van der Waals surface area (Å²) in [6.45, 7) is 4.63. The van der Waals surface area contributed by atoms with Crippen LogP contribution in [0, 0.1) is 17.3 Å². The number of allylic oxidation sites excluding steroid dienone is 4. The third-order valence-corrected chi connectivity index (χ3v) is 7.53. The summed E-state index contributed by atoms with van der Waals surface area (Å²) in [5.74, 6) is 1.42. The van der Waals surface area contributed by atoms with Gasteiger partial charge in [0.2, 0.25) is 0 Å². The van der Waals surface area contributed by atoms with Crippen LogP contribution < -0.4 is 4.90 Å². The Kier molecular flexibility index (Phi) is 2.92. The summed E-state index contributed by atoms with van der Waals surface area (Å²) in [5.41, 5.74) is 5.71. The molecule has 3 atom stereocenters. The SMILES string of the molecule is CC1(C)C2=C(O)C1C1C(C2)C2=C(CCC=C2)N1c1cccc2ccccc12. The van der Waals surface area contributed by atoms with Crippen molar-refractivity contribution in [1.29, 1.82) is 0 Å². The molecule has 2 heteroatoms. The smallest absolute Gasteiger partial charge is 0.0980 e. The molecule has 0 saturated heterocycles. The average molecular weight is 355 g/mol. The second-order valence-electron chi connectivity index (χ2n) is 9.08. The van der Waals surface area contributed by atoms with Crippen molar-refractivity contribution in [2.75, 3.05) is 4.90 Å². The van der Waals surface area contributed by atoms with Gasteiger partial charge in [-0.1, -0.05) is 62.4 Å². The number of aliphatic hydroxyl groups excluding tert-OH is 1. The summed E-state index contributed by atoms with van der Waals surface area (Å²) in [4.78, 5) is 2.62. The molecule has 1 heterocycles. The van der Waals surface area contributed by atoms with Crippen LogP contribution in [0.15, 0.2) is 77.2 Å². The van der Waals surface area contributed by atoms with Crippen molar-refractivity contribution >= 4 is 16.5 Å². The van der Waals surface area contributed by atoms with E-state index in [0.717, 1.165) is 19.3 Å². The molecule has 2 aromatic rings. The molecule has 136 valence electrons. The van der Waals surface area contributed by atoms with Crippen LogP contribution in [0.5, 0.6) is 0 Å². The molecule has 0 spiro atoms. The maximum absolute atomic E-state index is 10.8. The van der Waals surface area contributed by atoms with Crippen LogP contribution in [0.3, 0.4) is 0 Å². The van der Waals surface area contributed by atoms with E-state index in [0.29, 0.717) is 17.7 Å². The predicted molar refractivity (Wildman–Crippen MR) is 111 cm³/mol. The Morgan fingerprint density at radius 1 is 1.07 bits per heavy atom. The van der Waals surface area contributed by atoms with E-state index in [1.807, 2.05) is 0 Å². The summed E-state index contributed by atoms with van der Waals surface area (Å²) in [6.07, 6.45) is 7.93. The molecule has 1 aliphatic heterocycles. The summed E-state index contributed by atoms with van der Waals surface area (Å²) in [5, 5.41) is 13.4. The topological polar surface area (TPSA) is 23.5 Å². The van der Waals surface area contributed by atoms with Crippen molar-refractivity contribution in [3.63, 3.8) is 0 Å². The summed E-state index contributed by atoms with van der Waals surface area (Å²) < 4.78 is 0. The molecule has 1 fully saturated rings. The molecular formula is C25H25NO. The normalized spacial score (nSPS) is 30.4. The highest BCUT2D eigenvalue weighted by molar-refractivity contribution is 5.95. The Morgan fingerprint density at radius 2 is 1.89 bits per heavy atom. The van der Waals surface area contributed by atoms with Gasteiger partial charge in [0.25, 0.3) is 0 Å². The number of rotatable bonds is 1. The van der Waals surface area contributed by atoms with Gasteiger partial charge in [0, 0.05) is 34.0 Å². The third-order valence-electron chi connectivity index (χ3n) is 7.53. The highest BCUT2D eigenvalue weighted by atomic mass is 16.3. The van der Waals surface area contributed by atoms with Gasteiger partial charge in [-0.25, -0.2) is 0 Å². The molecule has 5 aliphatic rings. The van der Waals surface area contributed by atoms with E-state index in [4.69, 9.17) is 0 Å². The first-order valence-electron chi connectivity index (χ1n) is 10.2. The van der Waals surface area contributed by atoms with E-state index in [9.17, 15) is 5.11 Å². The average Bonchev–Trinajstić information content (AvgIpc) is 3.01. The minimum Gasteiger partial charge on any atom is -0.512 e. The lowest BCUT2D eigenvalue weighted by Gasteiger charge is -2.57. The lowest BCUT2D eigenvalue weighted by molar-refractivity contribution is 0.0676. The maximum Gasteiger partial charge on any atom is 0.0980 e.